The zero-order valence-corrected chi connectivity index (χ0v) is 43.0. The molecule has 1 amide bonds. The maximum Gasteiger partial charge on any atom is 0.253 e. The van der Waals surface area contributed by atoms with Gasteiger partial charge in [0.25, 0.3) is 5.91 Å². The SMILES string of the molecule is COc1ccc(C(OC[C@H]2O[C@@H](OCCCCCCNC(=O)c3ccccc3N=Nc3ccc(N(C)C)cc3)C[C@@H]2OP(CCC#N)N(C(C)C)C(C)C)(c2ccccc2)c2ccc(OC)cc2)cc1. The topological polar surface area (TPSA) is 139 Å². The minimum atomic E-state index is -1.16. The predicted octanol–water partition coefficient (Wildman–Crippen LogP) is 12.3. The minimum Gasteiger partial charge on any atom is -0.497 e. The largest absolute Gasteiger partial charge is 0.497 e. The van der Waals surface area contributed by atoms with Crippen LogP contribution in [-0.4, -0.2) is 95.4 Å². The number of amides is 1. The molecule has 0 spiro atoms. The van der Waals surface area contributed by atoms with Crippen LogP contribution in [0, 0.1) is 11.3 Å². The van der Waals surface area contributed by atoms with Crippen molar-refractivity contribution in [3.05, 3.63) is 150 Å². The molecule has 1 heterocycles. The van der Waals surface area contributed by atoms with Gasteiger partial charge >= 0.3 is 0 Å². The van der Waals surface area contributed by atoms with Gasteiger partial charge in [-0.2, -0.15) is 10.4 Å². The normalized spacial score (nSPS) is 16.5. The van der Waals surface area contributed by atoms with Gasteiger partial charge in [-0.1, -0.05) is 79.6 Å². The summed E-state index contributed by atoms with van der Waals surface area (Å²) in [6.07, 6.45) is 3.66. The van der Waals surface area contributed by atoms with E-state index in [0.717, 1.165) is 59.6 Å². The van der Waals surface area contributed by atoms with Crippen LogP contribution in [-0.2, 0) is 24.3 Å². The Kier molecular flexibility index (Phi) is 20.7. The van der Waals surface area contributed by atoms with E-state index in [1.165, 1.54) is 0 Å². The third-order valence-electron chi connectivity index (χ3n) is 12.2. The fourth-order valence-electron chi connectivity index (χ4n) is 8.74. The summed E-state index contributed by atoms with van der Waals surface area (Å²) in [6, 6.07) is 44.0. The number of carbonyl (C=O) groups excluding carboxylic acids is 1. The zero-order chi connectivity index (χ0) is 49.9. The highest BCUT2D eigenvalue weighted by Crippen LogP contribution is 2.49. The standard InChI is InChI=1S/C56H71N6O7P/c1-41(2)62(42(3)4)70(38-18-35-57)69-52-39-54(66-37-17-10-9-16-36-58-55(63)50-21-14-15-22-51(50)60-59-46-27-29-47(30-28-46)61(5)6)68-53(52)40-67-56(43-19-12-11-13-20-43,44-23-31-48(64-7)32-24-44)45-25-33-49(65-8)34-26-45/h11-15,19-34,41-42,52-54H,9-10,16-18,36-40H2,1-8H3,(H,58,63)/t52-,53+,54+,70?/m0/s1. The summed E-state index contributed by atoms with van der Waals surface area (Å²) in [5.74, 6) is 1.31. The number of methoxy groups -OCH3 is 2. The molecule has 1 fully saturated rings. The first-order valence-corrected chi connectivity index (χ1v) is 25.8. The first-order chi connectivity index (χ1) is 34.0. The number of carbonyl (C=O) groups is 1. The second-order valence-electron chi connectivity index (χ2n) is 18.0. The molecule has 0 bridgehead atoms. The van der Waals surface area contributed by atoms with Crippen LogP contribution in [0.4, 0.5) is 17.1 Å². The molecule has 0 aromatic heterocycles. The van der Waals surface area contributed by atoms with Crippen LogP contribution in [0.25, 0.3) is 0 Å². The van der Waals surface area contributed by atoms with Crippen LogP contribution in [0.5, 0.6) is 11.5 Å². The van der Waals surface area contributed by atoms with Gasteiger partial charge in [0.05, 0.1) is 49.9 Å². The molecule has 372 valence electrons. The predicted molar refractivity (Wildman–Crippen MR) is 279 cm³/mol. The van der Waals surface area contributed by atoms with E-state index in [2.05, 4.69) is 66.1 Å². The number of hydrogen-bond donors (Lipinski definition) is 1. The van der Waals surface area contributed by atoms with E-state index in [4.69, 9.17) is 28.2 Å². The highest BCUT2D eigenvalue weighted by atomic mass is 31.2. The lowest BCUT2D eigenvalue weighted by Crippen LogP contribution is -2.39. The molecule has 6 rings (SSSR count). The van der Waals surface area contributed by atoms with Crippen molar-refractivity contribution in [3.8, 4) is 17.6 Å². The molecule has 5 aromatic rings. The first-order valence-electron chi connectivity index (χ1n) is 24.4. The van der Waals surface area contributed by atoms with Crippen molar-refractivity contribution < 1.29 is 33.0 Å². The van der Waals surface area contributed by atoms with Crippen LogP contribution in [0.15, 0.2) is 138 Å². The van der Waals surface area contributed by atoms with E-state index in [1.807, 2.05) is 122 Å². The van der Waals surface area contributed by atoms with Crippen LogP contribution in [0.2, 0.25) is 0 Å². The molecule has 0 radical (unpaired) electrons. The van der Waals surface area contributed by atoms with Gasteiger partial charge in [-0.15, -0.1) is 5.11 Å². The number of anilines is 1. The number of nitrogens with zero attached hydrogens (tertiary/aromatic N) is 5. The highest BCUT2D eigenvalue weighted by molar-refractivity contribution is 7.50. The molecule has 70 heavy (non-hydrogen) atoms. The van der Waals surface area contributed by atoms with Crippen molar-refractivity contribution in [3.63, 3.8) is 0 Å². The maximum absolute atomic E-state index is 13.2. The average Bonchev–Trinajstić information content (AvgIpc) is 3.76. The van der Waals surface area contributed by atoms with Gasteiger partial charge in [0, 0.05) is 64.0 Å². The summed E-state index contributed by atoms with van der Waals surface area (Å²) in [5, 5.41) is 21.5. The lowest BCUT2D eigenvalue weighted by atomic mass is 9.80. The summed E-state index contributed by atoms with van der Waals surface area (Å²) < 4.78 is 41.3. The number of ether oxygens (including phenoxy) is 5. The Morgan fingerprint density at radius 3 is 1.99 bits per heavy atom. The second-order valence-corrected chi connectivity index (χ2v) is 19.8. The van der Waals surface area contributed by atoms with Crippen molar-refractivity contribution in [1.82, 2.24) is 9.99 Å². The summed E-state index contributed by atoms with van der Waals surface area (Å²) in [6.45, 7) is 9.94. The molecule has 1 N–H and O–H groups in total. The second kappa shape index (κ2) is 27.0. The Hall–Kier alpha value is -5.71. The van der Waals surface area contributed by atoms with Gasteiger partial charge in [0.1, 0.15) is 31.5 Å². The number of nitriles is 1. The van der Waals surface area contributed by atoms with Crippen molar-refractivity contribution in [2.75, 3.05) is 59.1 Å². The van der Waals surface area contributed by atoms with Gasteiger partial charge in [-0.05, 0) is 118 Å². The number of rotatable bonds is 27. The van der Waals surface area contributed by atoms with Gasteiger partial charge in [-0.3, -0.25) is 9.46 Å². The van der Waals surface area contributed by atoms with E-state index < -0.39 is 26.3 Å². The number of azo groups is 1. The van der Waals surface area contributed by atoms with E-state index in [9.17, 15) is 10.1 Å². The van der Waals surface area contributed by atoms with Gasteiger partial charge in [0.15, 0.2) is 6.29 Å². The Bertz CT molecular complexity index is 2360. The van der Waals surface area contributed by atoms with Gasteiger partial charge in [0.2, 0.25) is 0 Å². The van der Waals surface area contributed by atoms with Crippen molar-refractivity contribution in [2.24, 2.45) is 10.2 Å². The summed E-state index contributed by atoms with van der Waals surface area (Å²) in [5.41, 5.74) is 4.53. The Morgan fingerprint density at radius 2 is 1.39 bits per heavy atom. The average molecular weight is 971 g/mol. The molecule has 4 atom stereocenters. The molecular formula is C56H71N6O7P. The monoisotopic (exact) mass is 971 g/mol. The van der Waals surface area contributed by atoms with Crippen molar-refractivity contribution >= 4 is 31.3 Å². The number of benzene rings is 5. The van der Waals surface area contributed by atoms with Crippen molar-refractivity contribution in [2.45, 2.75) is 102 Å². The lowest BCUT2D eigenvalue weighted by molar-refractivity contribution is -0.156. The lowest BCUT2D eigenvalue weighted by Gasteiger charge is -2.39. The van der Waals surface area contributed by atoms with Gasteiger partial charge < -0.3 is 38.4 Å². The summed E-state index contributed by atoms with van der Waals surface area (Å²) in [4.78, 5) is 15.2. The van der Waals surface area contributed by atoms with E-state index in [-0.39, 0.29) is 30.7 Å². The molecule has 1 aliphatic rings. The molecule has 14 heteroatoms. The summed E-state index contributed by atoms with van der Waals surface area (Å²) >= 11 is 0. The number of hydrogen-bond acceptors (Lipinski definition) is 12. The molecule has 1 aliphatic heterocycles. The van der Waals surface area contributed by atoms with E-state index >= 15 is 0 Å². The third kappa shape index (κ3) is 14.4. The molecular weight excluding hydrogens is 900 g/mol. The third-order valence-corrected chi connectivity index (χ3v) is 14.8. The van der Waals surface area contributed by atoms with E-state index in [0.29, 0.717) is 49.1 Å². The first kappa shape index (κ1) is 53.6. The minimum absolute atomic E-state index is 0.176. The summed E-state index contributed by atoms with van der Waals surface area (Å²) in [7, 11) is 6.14. The molecule has 1 unspecified atom stereocenters. The highest BCUT2D eigenvalue weighted by Gasteiger charge is 2.44. The molecule has 0 saturated carbocycles. The quantitative estimate of drug-likeness (QED) is 0.0234. The molecule has 13 nitrogen and oxygen atoms in total. The Labute approximate surface area is 417 Å². The van der Waals surface area contributed by atoms with Crippen molar-refractivity contribution in [1.29, 1.82) is 5.26 Å². The smallest absolute Gasteiger partial charge is 0.253 e. The molecule has 5 aromatic carbocycles. The Morgan fingerprint density at radius 1 is 0.786 bits per heavy atom. The molecule has 1 saturated heterocycles. The number of nitrogens with one attached hydrogen (secondary N) is 1. The Balaban J connectivity index is 1.11. The van der Waals surface area contributed by atoms with Crippen LogP contribution < -0.4 is 19.7 Å². The van der Waals surface area contributed by atoms with Crippen LogP contribution >= 0.6 is 8.30 Å². The maximum atomic E-state index is 13.2. The molecule has 0 aliphatic carbocycles. The number of unbranched alkanes of at least 4 members (excludes halogenated alkanes) is 3. The van der Waals surface area contributed by atoms with Crippen LogP contribution in [0.3, 0.4) is 0 Å². The van der Waals surface area contributed by atoms with E-state index in [1.54, 1.807) is 26.4 Å². The van der Waals surface area contributed by atoms with Crippen LogP contribution in [0.1, 0.15) is 93.3 Å². The zero-order valence-electron chi connectivity index (χ0n) is 42.1. The fourth-order valence-corrected chi connectivity index (χ4v) is 11.0. The van der Waals surface area contributed by atoms with Gasteiger partial charge in [-0.25, -0.2) is 0 Å². The fraction of sp³-hybridized carbons (Fsp3) is 0.429.